The lowest BCUT2D eigenvalue weighted by Gasteiger charge is -2.11. The minimum atomic E-state index is -3.72. The van der Waals surface area contributed by atoms with Crippen LogP contribution in [0.4, 0.5) is 5.69 Å². The molecule has 0 bridgehead atoms. The number of fused-ring (bicyclic) bond motifs is 1. The maximum Gasteiger partial charge on any atom is 0.277 e. The van der Waals surface area contributed by atoms with Gasteiger partial charge >= 0.3 is 0 Å². The number of benzene rings is 1. The SMILES string of the molecule is Cn1cccc1S(=O)(=O)Nc1cncc(-c2ccc3nccc(-c4ccncc4)c3c2)c1. The van der Waals surface area contributed by atoms with Crippen molar-refractivity contribution >= 4 is 26.6 Å². The van der Waals surface area contributed by atoms with Crippen molar-refractivity contribution in [2.75, 3.05) is 4.72 Å². The summed E-state index contributed by atoms with van der Waals surface area (Å²) in [6, 6.07) is 16.9. The highest BCUT2D eigenvalue weighted by Crippen LogP contribution is 2.31. The van der Waals surface area contributed by atoms with Gasteiger partial charge in [0, 0.05) is 49.0 Å². The summed E-state index contributed by atoms with van der Waals surface area (Å²) < 4.78 is 29.6. The number of hydrogen-bond donors (Lipinski definition) is 1. The summed E-state index contributed by atoms with van der Waals surface area (Å²) in [4.78, 5) is 12.8. The highest BCUT2D eigenvalue weighted by Gasteiger charge is 2.17. The average Bonchev–Trinajstić information content (AvgIpc) is 3.26. The molecule has 4 heterocycles. The second-order valence-corrected chi connectivity index (χ2v) is 8.98. The van der Waals surface area contributed by atoms with Crippen LogP contribution in [0.3, 0.4) is 0 Å². The van der Waals surface area contributed by atoms with Gasteiger partial charge in [0.2, 0.25) is 0 Å². The topological polar surface area (TPSA) is 89.8 Å². The average molecular weight is 442 g/mol. The Kier molecular flexibility index (Phi) is 4.91. The molecule has 5 rings (SSSR count). The summed E-state index contributed by atoms with van der Waals surface area (Å²) >= 11 is 0. The van der Waals surface area contributed by atoms with Crippen LogP contribution in [0.15, 0.2) is 96.8 Å². The summed E-state index contributed by atoms with van der Waals surface area (Å²) in [5, 5.41) is 1.17. The van der Waals surface area contributed by atoms with E-state index in [-0.39, 0.29) is 5.03 Å². The lowest BCUT2D eigenvalue weighted by atomic mass is 9.98. The fourth-order valence-electron chi connectivity index (χ4n) is 3.69. The Morgan fingerprint density at radius 2 is 1.69 bits per heavy atom. The van der Waals surface area contributed by atoms with Gasteiger partial charge in [-0.15, -0.1) is 0 Å². The summed E-state index contributed by atoms with van der Waals surface area (Å²) in [6.45, 7) is 0. The van der Waals surface area contributed by atoms with Crippen molar-refractivity contribution < 1.29 is 8.42 Å². The molecular formula is C24H19N5O2S. The number of anilines is 1. The molecule has 0 radical (unpaired) electrons. The third-order valence-electron chi connectivity index (χ3n) is 5.23. The van der Waals surface area contributed by atoms with E-state index in [9.17, 15) is 8.42 Å². The van der Waals surface area contributed by atoms with Gasteiger partial charge in [-0.1, -0.05) is 6.07 Å². The molecule has 0 unspecified atom stereocenters. The van der Waals surface area contributed by atoms with Crippen molar-refractivity contribution in [3.8, 4) is 22.3 Å². The molecule has 8 heteroatoms. The minimum absolute atomic E-state index is 0.182. The van der Waals surface area contributed by atoms with Gasteiger partial charge < -0.3 is 4.57 Å². The highest BCUT2D eigenvalue weighted by molar-refractivity contribution is 7.92. The van der Waals surface area contributed by atoms with Crippen LogP contribution in [-0.2, 0) is 17.1 Å². The van der Waals surface area contributed by atoms with Crippen LogP contribution in [-0.4, -0.2) is 27.9 Å². The number of aromatic nitrogens is 4. The quantitative estimate of drug-likeness (QED) is 0.434. The van der Waals surface area contributed by atoms with E-state index in [1.165, 1.54) is 6.20 Å². The maximum absolute atomic E-state index is 12.7. The summed E-state index contributed by atoms with van der Waals surface area (Å²) in [5.74, 6) is 0. The van der Waals surface area contributed by atoms with Crippen LogP contribution in [0.1, 0.15) is 0 Å². The Labute approximate surface area is 185 Å². The van der Waals surface area contributed by atoms with E-state index in [1.54, 1.807) is 60.8 Å². The van der Waals surface area contributed by atoms with Gasteiger partial charge in [0.05, 0.1) is 17.4 Å². The number of aryl methyl sites for hydroxylation is 1. The number of rotatable bonds is 5. The maximum atomic E-state index is 12.7. The first kappa shape index (κ1) is 19.9. The molecule has 4 aromatic heterocycles. The fraction of sp³-hybridized carbons (Fsp3) is 0.0417. The molecule has 0 saturated heterocycles. The molecular weight excluding hydrogens is 422 g/mol. The number of sulfonamides is 1. The Morgan fingerprint density at radius 3 is 2.47 bits per heavy atom. The van der Waals surface area contributed by atoms with E-state index in [0.29, 0.717) is 5.69 Å². The second kappa shape index (κ2) is 7.90. The highest BCUT2D eigenvalue weighted by atomic mass is 32.2. The molecule has 1 aromatic carbocycles. The van der Waals surface area contributed by atoms with Crippen LogP contribution in [0.2, 0.25) is 0 Å². The zero-order valence-corrected chi connectivity index (χ0v) is 18.0. The van der Waals surface area contributed by atoms with Gasteiger partial charge in [0.25, 0.3) is 10.0 Å². The van der Waals surface area contributed by atoms with Crippen LogP contribution in [0.5, 0.6) is 0 Å². The van der Waals surface area contributed by atoms with Crippen molar-refractivity contribution in [1.82, 2.24) is 19.5 Å². The molecule has 5 aromatic rings. The van der Waals surface area contributed by atoms with Crippen LogP contribution in [0.25, 0.3) is 33.2 Å². The van der Waals surface area contributed by atoms with Crippen molar-refractivity contribution in [2.45, 2.75) is 5.03 Å². The third kappa shape index (κ3) is 3.72. The number of pyridine rings is 3. The zero-order valence-electron chi connectivity index (χ0n) is 17.2. The van der Waals surface area contributed by atoms with E-state index in [2.05, 4.69) is 19.7 Å². The molecule has 0 fully saturated rings. The van der Waals surface area contributed by atoms with E-state index >= 15 is 0 Å². The van der Waals surface area contributed by atoms with Gasteiger partial charge in [-0.3, -0.25) is 19.7 Å². The van der Waals surface area contributed by atoms with Gasteiger partial charge in [-0.05, 0) is 65.2 Å². The van der Waals surface area contributed by atoms with Crippen molar-refractivity contribution in [1.29, 1.82) is 0 Å². The first-order valence-electron chi connectivity index (χ1n) is 9.90. The van der Waals surface area contributed by atoms with Gasteiger partial charge in [-0.2, -0.15) is 8.42 Å². The summed E-state index contributed by atoms with van der Waals surface area (Å²) in [5.41, 5.74) is 5.07. The Morgan fingerprint density at radius 1 is 0.844 bits per heavy atom. The molecule has 0 aliphatic carbocycles. The Balaban J connectivity index is 1.54. The van der Waals surface area contributed by atoms with Crippen molar-refractivity contribution in [2.24, 2.45) is 7.05 Å². The molecule has 158 valence electrons. The molecule has 0 spiro atoms. The van der Waals surface area contributed by atoms with E-state index in [4.69, 9.17) is 0 Å². The summed E-state index contributed by atoms with van der Waals surface area (Å²) in [6.07, 6.45) is 10.2. The molecule has 0 saturated carbocycles. The normalized spacial score (nSPS) is 11.5. The van der Waals surface area contributed by atoms with Crippen LogP contribution in [0, 0.1) is 0 Å². The lowest BCUT2D eigenvalue weighted by molar-refractivity contribution is 0.591. The van der Waals surface area contributed by atoms with Gasteiger partial charge in [0.15, 0.2) is 5.03 Å². The first-order valence-corrected chi connectivity index (χ1v) is 11.4. The number of hydrogen-bond acceptors (Lipinski definition) is 5. The van der Waals surface area contributed by atoms with Crippen LogP contribution >= 0.6 is 0 Å². The zero-order chi connectivity index (χ0) is 22.1. The van der Waals surface area contributed by atoms with Crippen molar-refractivity contribution in [3.63, 3.8) is 0 Å². The smallest absolute Gasteiger partial charge is 0.277 e. The second-order valence-electron chi connectivity index (χ2n) is 7.35. The minimum Gasteiger partial charge on any atom is -0.340 e. The van der Waals surface area contributed by atoms with Crippen LogP contribution < -0.4 is 4.72 Å². The monoisotopic (exact) mass is 441 g/mol. The standard InChI is InChI=1S/C24H19N5O2S/c1-29-12-2-3-24(29)32(30,31)28-20-13-19(15-26-16-20)18-4-5-23-22(14-18)21(8-11-27-23)17-6-9-25-10-7-17/h2-16,28H,1H3. The molecule has 7 nitrogen and oxygen atoms in total. The molecule has 0 amide bonds. The molecule has 0 atom stereocenters. The molecule has 1 N–H and O–H groups in total. The van der Waals surface area contributed by atoms with Crippen molar-refractivity contribution in [3.05, 3.63) is 91.8 Å². The first-order chi connectivity index (χ1) is 15.5. The number of nitrogens with zero attached hydrogens (tertiary/aromatic N) is 4. The lowest BCUT2D eigenvalue weighted by Crippen LogP contribution is -2.16. The number of nitrogens with one attached hydrogen (secondary N) is 1. The Hall–Kier alpha value is -4.04. The molecule has 32 heavy (non-hydrogen) atoms. The third-order valence-corrected chi connectivity index (χ3v) is 6.71. The predicted octanol–water partition coefficient (Wildman–Crippen LogP) is 4.50. The fourth-order valence-corrected chi connectivity index (χ4v) is 4.92. The molecule has 0 aliphatic rings. The largest absolute Gasteiger partial charge is 0.340 e. The van der Waals surface area contributed by atoms with Gasteiger partial charge in [0.1, 0.15) is 0 Å². The van der Waals surface area contributed by atoms with Gasteiger partial charge in [-0.25, -0.2) is 0 Å². The van der Waals surface area contributed by atoms with E-state index in [0.717, 1.165) is 33.2 Å². The van der Waals surface area contributed by atoms with E-state index < -0.39 is 10.0 Å². The molecule has 0 aliphatic heterocycles. The predicted molar refractivity (Wildman–Crippen MR) is 124 cm³/mol. The summed E-state index contributed by atoms with van der Waals surface area (Å²) in [7, 11) is -2.03. The Bertz CT molecular complexity index is 1530. The van der Waals surface area contributed by atoms with E-state index in [1.807, 2.05) is 36.4 Å².